The first kappa shape index (κ1) is 26.2. The van der Waals surface area contributed by atoms with Crippen LogP contribution in [0, 0.1) is 11.7 Å². The van der Waals surface area contributed by atoms with Gasteiger partial charge in [0.15, 0.2) is 5.65 Å². The summed E-state index contributed by atoms with van der Waals surface area (Å²) in [5.41, 5.74) is 1.63. The van der Waals surface area contributed by atoms with Gasteiger partial charge in [0.2, 0.25) is 5.56 Å². The van der Waals surface area contributed by atoms with Gasteiger partial charge in [-0.2, -0.15) is 0 Å². The zero-order chi connectivity index (χ0) is 28.7. The quantitative estimate of drug-likeness (QED) is 0.271. The number of benzene rings is 2. The lowest BCUT2D eigenvalue weighted by Crippen LogP contribution is -2.40. The maximum atomic E-state index is 14.4. The Morgan fingerprint density at radius 1 is 1.00 bits per heavy atom. The molecule has 2 aromatic carbocycles. The zero-order valence-electron chi connectivity index (χ0n) is 22.2. The van der Waals surface area contributed by atoms with Crippen molar-refractivity contribution in [1.29, 1.82) is 0 Å². The summed E-state index contributed by atoms with van der Waals surface area (Å²) in [5.74, 6) is 0.0348. The second-order valence-corrected chi connectivity index (χ2v) is 10.3. The van der Waals surface area contributed by atoms with E-state index in [1.807, 2.05) is 12.1 Å². The van der Waals surface area contributed by atoms with Crippen molar-refractivity contribution >= 4 is 17.1 Å². The van der Waals surface area contributed by atoms with E-state index < -0.39 is 17.1 Å². The van der Waals surface area contributed by atoms with E-state index in [9.17, 15) is 23.6 Å². The lowest BCUT2D eigenvalue weighted by molar-refractivity contribution is 0.0963. The number of aromatic nitrogens is 5. The molecular weight excluding hydrogens is 527 g/mol. The number of carbonyl (C=O) groups excluding carboxylic acids is 1. The molecule has 10 nitrogen and oxygen atoms in total. The molecule has 1 fully saturated rings. The number of imidazole rings is 1. The van der Waals surface area contributed by atoms with E-state index in [0.29, 0.717) is 47.2 Å². The van der Waals surface area contributed by atoms with E-state index in [1.54, 1.807) is 30.3 Å². The van der Waals surface area contributed by atoms with Crippen LogP contribution in [0.4, 0.5) is 4.39 Å². The molecule has 1 aliphatic carbocycles. The number of aromatic amines is 2. The molecule has 5 aromatic rings. The van der Waals surface area contributed by atoms with Crippen LogP contribution in [0.5, 0.6) is 0 Å². The van der Waals surface area contributed by atoms with Gasteiger partial charge in [0.1, 0.15) is 17.2 Å². The number of rotatable bonds is 8. The van der Waals surface area contributed by atoms with Crippen LogP contribution in [-0.4, -0.2) is 37.0 Å². The molecule has 1 aliphatic rings. The van der Waals surface area contributed by atoms with Crippen molar-refractivity contribution in [1.82, 2.24) is 29.4 Å². The Morgan fingerprint density at radius 3 is 2.46 bits per heavy atom. The number of hydrogen-bond acceptors (Lipinski definition) is 5. The lowest BCUT2D eigenvalue weighted by atomic mass is 10.0. The Bertz CT molecular complexity index is 1960. The van der Waals surface area contributed by atoms with E-state index in [4.69, 9.17) is 0 Å². The molecule has 208 valence electrons. The van der Waals surface area contributed by atoms with Crippen molar-refractivity contribution < 1.29 is 9.18 Å². The van der Waals surface area contributed by atoms with Crippen LogP contribution in [0.3, 0.4) is 0 Å². The van der Waals surface area contributed by atoms with Crippen molar-refractivity contribution in [2.24, 2.45) is 5.92 Å². The highest BCUT2D eigenvalue weighted by atomic mass is 19.1. The van der Waals surface area contributed by atoms with Crippen LogP contribution in [0.2, 0.25) is 0 Å². The SMILES string of the molecule is CNC(=O)c1ccc(=O)[nH]c1-c1ccc(Cc2nc3c([nH]2)c(=O)n(Cc2ccccc2F)c(=O)n3CC2CC2)cc1. The lowest BCUT2D eigenvalue weighted by Gasteiger charge is -2.11. The van der Waals surface area contributed by atoms with Crippen molar-refractivity contribution in [3.8, 4) is 11.3 Å². The van der Waals surface area contributed by atoms with Gasteiger partial charge in [0, 0.05) is 31.6 Å². The van der Waals surface area contributed by atoms with Crippen molar-refractivity contribution in [2.75, 3.05) is 7.05 Å². The minimum absolute atomic E-state index is 0.180. The standard InChI is InChI=1S/C30H27FN6O4/c1-32-28(39)21-12-13-24(38)35-25(21)19-10-8-17(9-11-19)14-23-33-26-27(34-23)36(15-18-6-7-18)30(41)37(29(26)40)16-20-4-2-3-5-22(20)31/h2-5,8-13,18H,6-7,14-16H2,1H3,(H,32,39)(H,33,34)(H,35,38). The monoisotopic (exact) mass is 554 g/mol. The number of carbonyl (C=O) groups is 1. The summed E-state index contributed by atoms with van der Waals surface area (Å²) in [4.78, 5) is 61.6. The maximum Gasteiger partial charge on any atom is 0.333 e. The number of pyridine rings is 1. The summed E-state index contributed by atoms with van der Waals surface area (Å²) in [5, 5.41) is 2.57. The molecule has 0 bridgehead atoms. The number of halogens is 1. The molecule has 1 saturated carbocycles. The molecule has 0 unspecified atom stereocenters. The minimum Gasteiger partial charge on any atom is -0.355 e. The van der Waals surface area contributed by atoms with Gasteiger partial charge in [-0.05, 0) is 42.0 Å². The van der Waals surface area contributed by atoms with E-state index in [1.165, 1.54) is 29.8 Å². The summed E-state index contributed by atoms with van der Waals surface area (Å²) in [6.45, 7) is 0.259. The first-order chi connectivity index (χ1) is 19.8. The Kier molecular flexibility index (Phi) is 6.70. The first-order valence-corrected chi connectivity index (χ1v) is 13.3. The maximum absolute atomic E-state index is 14.4. The average Bonchev–Trinajstić information content (AvgIpc) is 3.71. The topological polar surface area (TPSA) is 135 Å². The van der Waals surface area contributed by atoms with Gasteiger partial charge >= 0.3 is 5.69 Å². The Hall–Kier alpha value is -5.06. The van der Waals surface area contributed by atoms with Crippen LogP contribution >= 0.6 is 0 Å². The van der Waals surface area contributed by atoms with Crippen LogP contribution in [0.1, 0.15) is 40.2 Å². The Labute approximate surface area is 232 Å². The molecule has 0 saturated heterocycles. The summed E-state index contributed by atoms with van der Waals surface area (Å²) in [7, 11) is 1.52. The van der Waals surface area contributed by atoms with Gasteiger partial charge in [0.25, 0.3) is 11.5 Å². The smallest absolute Gasteiger partial charge is 0.333 e. The molecule has 6 rings (SSSR count). The molecule has 3 heterocycles. The highest BCUT2D eigenvalue weighted by molar-refractivity contribution is 5.99. The number of fused-ring (bicyclic) bond motifs is 1. The van der Waals surface area contributed by atoms with Crippen molar-refractivity contribution in [3.05, 3.63) is 120 Å². The molecular formula is C30H27FN6O4. The second-order valence-electron chi connectivity index (χ2n) is 10.3. The van der Waals surface area contributed by atoms with Gasteiger partial charge in [-0.25, -0.2) is 14.2 Å². The predicted molar refractivity (Wildman–Crippen MR) is 152 cm³/mol. The highest BCUT2D eigenvalue weighted by Gasteiger charge is 2.26. The van der Waals surface area contributed by atoms with E-state index in [0.717, 1.165) is 23.0 Å². The third kappa shape index (κ3) is 5.13. The fourth-order valence-corrected chi connectivity index (χ4v) is 4.97. The number of H-pyrrole nitrogens is 2. The number of hydrogen-bond donors (Lipinski definition) is 3. The largest absolute Gasteiger partial charge is 0.355 e. The summed E-state index contributed by atoms with van der Waals surface area (Å²) in [6, 6.07) is 16.1. The summed E-state index contributed by atoms with van der Waals surface area (Å²) in [6.07, 6.45) is 2.34. The van der Waals surface area contributed by atoms with Gasteiger partial charge in [-0.1, -0.05) is 42.5 Å². The number of amides is 1. The average molecular weight is 555 g/mol. The Morgan fingerprint density at radius 2 is 1.76 bits per heavy atom. The molecule has 41 heavy (non-hydrogen) atoms. The van der Waals surface area contributed by atoms with E-state index in [2.05, 4.69) is 20.3 Å². The van der Waals surface area contributed by atoms with Crippen molar-refractivity contribution in [3.63, 3.8) is 0 Å². The van der Waals surface area contributed by atoms with Gasteiger partial charge in [-0.15, -0.1) is 0 Å². The van der Waals surface area contributed by atoms with Crippen LogP contribution in [0.15, 0.2) is 75.0 Å². The molecule has 0 atom stereocenters. The fraction of sp³-hybridized carbons (Fsp3) is 0.233. The number of nitrogens with zero attached hydrogens (tertiary/aromatic N) is 3. The van der Waals surface area contributed by atoms with Crippen LogP contribution in [0.25, 0.3) is 22.4 Å². The molecule has 3 N–H and O–H groups in total. The van der Waals surface area contributed by atoms with Gasteiger partial charge < -0.3 is 15.3 Å². The molecule has 0 spiro atoms. The third-order valence-electron chi connectivity index (χ3n) is 7.34. The Balaban J connectivity index is 1.35. The summed E-state index contributed by atoms with van der Waals surface area (Å²) < 4.78 is 17.0. The normalized spacial score (nSPS) is 13.0. The molecule has 0 aliphatic heterocycles. The fourth-order valence-electron chi connectivity index (χ4n) is 4.97. The number of nitrogens with one attached hydrogen (secondary N) is 3. The zero-order valence-corrected chi connectivity index (χ0v) is 22.2. The first-order valence-electron chi connectivity index (χ1n) is 13.3. The van der Waals surface area contributed by atoms with Crippen LogP contribution < -0.4 is 22.1 Å². The third-order valence-corrected chi connectivity index (χ3v) is 7.34. The molecule has 11 heteroatoms. The predicted octanol–water partition coefficient (Wildman–Crippen LogP) is 2.79. The van der Waals surface area contributed by atoms with Gasteiger partial charge in [0.05, 0.1) is 17.8 Å². The molecule has 3 aromatic heterocycles. The second kappa shape index (κ2) is 10.5. The molecule has 1 amide bonds. The van der Waals surface area contributed by atoms with Gasteiger partial charge in [-0.3, -0.25) is 23.5 Å². The van der Waals surface area contributed by atoms with Crippen molar-refractivity contribution in [2.45, 2.75) is 32.4 Å². The minimum atomic E-state index is -0.552. The highest BCUT2D eigenvalue weighted by Crippen LogP contribution is 2.30. The van der Waals surface area contributed by atoms with Crippen LogP contribution in [-0.2, 0) is 19.5 Å². The molecule has 0 radical (unpaired) electrons. The van der Waals surface area contributed by atoms with E-state index >= 15 is 0 Å². The summed E-state index contributed by atoms with van der Waals surface area (Å²) >= 11 is 0. The van der Waals surface area contributed by atoms with E-state index in [-0.39, 0.29) is 29.1 Å².